The molecule has 0 atom stereocenters. The van der Waals surface area contributed by atoms with Gasteiger partial charge in [-0.05, 0) is 66.8 Å². The van der Waals surface area contributed by atoms with Crippen molar-refractivity contribution >= 4 is 28.5 Å². The first-order valence-electron chi connectivity index (χ1n) is 6.68. The van der Waals surface area contributed by atoms with Crippen LogP contribution in [0, 0.1) is 16.3 Å². The molecule has 0 radical (unpaired) electrons. The average molecular weight is 398 g/mol. The Morgan fingerprint density at radius 2 is 2.10 bits per heavy atom. The summed E-state index contributed by atoms with van der Waals surface area (Å²) in [6, 6.07) is 9.97. The number of pyridine rings is 1. The van der Waals surface area contributed by atoms with Gasteiger partial charge in [-0.1, -0.05) is 6.07 Å². The lowest BCUT2D eigenvalue weighted by molar-refractivity contribution is 0.0749. The summed E-state index contributed by atoms with van der Waals surface area (Å²) in [5, 5.41) is 0. The standard InChI is InChI=1S/C16H16FIN2O/c1-3-20(10-13-6-4-5-11(2)19-13)16(21)14-8-7-12(17)9-15(14)18/h4-9H,3,10H2,1-2H3. The predicted octanol–water partition coefficient (Wildman–Crippen LogP) is 3.80. The number of aromatic nitrogens is 1. The number of hydrogen-bond donors (Lipinski definition) is 0. The van der Waals surface area contributed by atoms with Crippen molar-refractivity contribution in [3.63, 3.8) is 0 Å². The van der Waals surface area contributed by atoms with Crippen LogP contribution >= 0.6 is 22.6 Å². The second kappa shape index (κ2) is 6.98. The van der Waals surface area contributed by atoms with Crippen LogP contribution in [0.15, 0.2) is 36.4 Å². The molecule has 2 aromatic rings. The van der Waals surface area contributed by atoms with Gasteiger partial charge >= 0.3 is 0 Å². The van der Waals surface area contributed by atoms with E-state index in [4.69, 9.17) is 0 Å². The number of benzene rings is 1. The maximum absolute atomic E-state index is 13.1. The Kier molecular flexibility index (Phi) is 5.27. The molecule has 1 amide bonds. The van der Waals surface area contributed by atoms with Crippen molar-refractivity contribution < 1.29 is 9.18 Å². The number of carbonyl (C=O) groups excluding carboxylic acids is 1. The van der Waals surface area contributed by atoms with Gasteiger partial charge in [0.2, 0.25) is 0 Å². The number of halogens is 2. The predicted molar refractivity (Wildman–Crippen MR) is 88.5 cm³/mol. The summed E-state index contributed by atoms with van der Waals surface area (Å²) >= 11 is 1.98. The first kappa shape index (κ1) is 15.9. The molecule has 0 unspecified atom stereocenters. The van der Waals surface area contributed by atoms with Crippen LogP contribution < -0.4 is 0 Å². The highest BCUT2D eigenvalue weighted by atomic mass is 127. The monoisotopic (exact) mass is 398 g/mol. The number of carbonyl (C=O) groups is 1. The van der Waals surface area contributed by atoms with E-state index in [9.17, 15) is 9.18 Å². The number of nitrogens with zero attached hydrogens (tertiary/aromatic N) is 2. The number of hydrogen-bond acceptors (Lipinski definition) is 2. The zero-order valence-electron chi connectivity index (χ0n) is 11.9. The Morgan fingerprint density at radius 1 is 1.33 bits per heavy atom. The number of aryl methyl sites for hydroxylation is 1. The van der Waals surface area contributed by atoms with Crippen molar-refractivity contribution in [2.24, 2.45) is 0 Å². The van der Waals surface area contributed by atoms with E-state index in [1.165, 1.54) is 18.2 Å². The molecular weight excluding hydrogens is 382 g/mol. The van der Waals surface area contributed by atoms with Crippen molar-refractivity contribution in [1.29, 1.82) is 0 Å². The van der Waals surface area contributed by atoms with Crippen molar-refractivity contribution in [3.05, 3.63) is 62.7 Å². The minimum absolute atomic E-state index is 0.106. The first-order chi connectivity index (χ1) is 10.0. The molecule has 0 saturated carbocycles. The molecule has 0 saturated heterocycles. The largest absolute Gasteiger partial charge is 0.333 e. The maximum Gasteiger partial charge on any atom is 0.255 e. The van der Waals surface area contributed by atoms with Gasteiger partial charge in [0, 0.05) is 15.8 Å². The molecule has 0 fully saturated rings. The van der Waals surface area contributed by atoms with Gasteiger partial charge in [-0.25, -0.2) is 4.39 Å². The van der Waals surface area contributed by atoms with Crippen LogP contribution in [0.25, 0.3) is 0 Å². The minimum Gasteiger partial charge on any atom is -0.333 e. The van der Waals surface area contributed by atoms with E-state index in [2.05, 4.69) is 4.98 Å². The van der Waals surface area contributed by atoms with Crippen molar-refractivity contribution in [2.75, 3.05) is 6.54 Å². The summed E-state index contributed by atoms with van der Waals surface area (Å²) in [4.78, 5) is 18.7. The van der Waals surface area contributed by atoms with E-state index in [1.807, 2.05) is 54.6 Å². The minimum atomic E-state index is -0.334. The molecule has 2 rings (SSSR count). The molecule has 0 aliphatic carbocycles. The van der Waals surface area contributed by atoms with Gasteiger partial charge in [-0.3, -0.25) is 9.78 Å². The van der Waals surface area contributed by atoms with Gasteiger partial charge in [-0.15, -0.1) is 0 Å². The summed E-state index contributed by atoms with van der Waals surface area (Å²) in [6.07, 6.45) is 0. The van der Waals surface area contributed by atoms with Gasteiger partial charge in [0.25, 0.3) is 5.91 Å². The molecule has 0 aliphatic heterocycles. The topological polar surface area (TPSA) is 33.2 Å². The summed E-state index contributed by atoms with van der Waals surface area (Å²) in [5.74, 6) is -0.440. The lowest BCUT2D eigenvalue weighted by atomic mass is 10.2. The van der Waals surface area contributed by atoms with Gasteiger partial charge in [0.15, 0.2) is 0 Å². The molecule has 0 N–H and O–H groups in total. The average Bonchev–Trinajstić information content (AvgIpc) is 2.44. The van der Waals surface area contributed by atoms with Gasteiger partial charge in [0.05, 0.1) is 17.8 Å². The SMILES string of the molecule is CCN(Cc1cccc(C)n1)C(=O)c1ccc(F)cc1I. The van der Waals surface area contributed by atoms with Crippen LogP contribution in [-0.2, 0) is 6.54 Å². The summed E-state index contributed by atoms with van der Waals surface area (Å²) in [5.41, 5.74) is 2.29. The van der Waals surface area contributed by atoms with Crippen LogP contribution in [0.4, 0.5) is 4.39 Å². The summed E-state index contributed by atoms with van der Waals surface area (Å²) < 4.78 is 13.8. The molecule has 1 aromatic heterocycles. The fraction of sp³-hybridized carbons (Fsp3) is 0.250. The van der Waals surface area contributed by atoms with E-state index in [1.54, 1.807) is 4.90 Å². The van der Waals surface area contributed by atoms with E-state index in [0.29, 0.717) is 22.2 Å². The van der Waals surface area contributed by atoms with E-state index in [-0.39, 0.29) is 11.7 Å². The molecule has 0 aliphatic rings. The zero-order chi connectivity index (χ0) is 15.4. The van der Waals surface area contributed by atoms with Crippen LogP contribution in [-0.4, -0.2) is 22.3 Å². The highest BCUT2D eigenvalue weighted by Crippen LogP contribution is 2.17. The third-order valence-corrected chi connectivity index (χ3v) is 4.02. The zero-order valence-corrected chi connectivity index (χ0v) is 14.1. The molecule has 3 nitrogen and oxygen atoms in total. The van der Waals surface area contributed by atoms with E-state index >= 15 is 0 Å². The van der Waals surface area contributed by atoms with Crippen molar-refractivity contribution in [1.82, 2.24) is 9.88 Å². The number of rotatable bonds is 4. The third kappa shape index (κ3) is 4.00. The van der Waals surface area contributed by atoms with Crippen molar-refractivity contribution in [2.45, 2.75) is 20.4 Å². The Bertz CT molecular complexity index is 660. The molecule has 5 heteroatoms. The normalized spacial score (nSPS) is 10.5. The summed E-state index contributed by atoms with van der Waals surface area (Å²) in [7, 11) is 0. The lowest BCUT2D eigenvalue weighted by Gasteiger charge is -2.21. The fourth-order valence-electron chi connectivity index (χ4n) is 2.04. The maximum atomic E-state index is 13.1. The van der Waals surface area contributed by atoms with Gasteiger partial charge in [-0.2, -0.15) is 0 Å². The van der Waals surface area contributed by atoms with Crippen LogP contribution in [0.3, 0.4) is 0 Å². The first-order valence-corrected chi connectivity index (χ1v) is 7.76. The van der Waals surface area contributed by atoms with Crippen LogP contribution in [0.2, 0.25) is 0 Å². The molecule has 110 valence electrons. The highest BCUT2D eigenvalue weighted by molar-refractivity contribution is 14.1. The van der Waals surface area contributed by atoms with Crippen LogP contribution in [0.1, 0.15) is 28.7 Å². The second-order valence-electron chi connectivity index (χ2n) is 4.71. The molecule has 0 bridgehead atoms. The third-order valence-electron chi connectivity index (χ3n) is 3.13. The van der Waals surface area contributed by atoms with Crippen LogP contribution in [0.5, 0.6) is 0 Å². The summed E-state index contributed by atoms with van der Waals surface area (Å²) in [6.45, 7) is 4.86. The number of amides is 1. The fourth-order valence-corrected chi connectivity index (χ4v) is 2.75. The highest BCUT2D eigenvalue weighted by Gasteiger charge is 2.18. The van der Waals surface area contributed by atoms with E-state index in [0.717, 1.165) is 11.4 Å². The quantitative estimate of drug-likeness (QED) is 0.735. The Balaban J connectivity index is 2.22. The Hall–Kier alpha value is -1.50. The van der Waals surface area contributed by atoms with Gasteiger partial charge in [0.1, 0.15) is 5.82 Å². The molecule has 21 heavy (non-hydrogen) atoms. The second-order valence-corrected chi connectivity index (χ2v) is 5.88. The smallest absolute Gasteiger partial charge is 0.255 e. The van der Waals surface area contributed by atoms with Crippen molar-refractivity contribution in [3.8, 4) is 0 Å². The van der Waals surface area contributed by atoms with Gasteiger partial charge < -0.3 is 4.90 Å². The molecule has 0 spiro atoms. The Labute approximate surface area is 137 Å². The molecule has 1 heterocycles. The molecule has 1 aromatic carbocycles. The van der Waals surface area contributed by atoms with E-state index < -0.39 is 0 Å². The molecular formula is C16H16FIN2O. The lowest BCUT2D eigenvalue weighted by Crippen LogP contribution is -2.31. The Morgan fingerprint density at radius 3 is 2.71 bits per heavy atom.